The standard InChI is InChI=1S/C16H15F3N2O2/c17-16(18,19)14-10-13(20-23-14)11-4-6-12(7-5-11)15(22)21-8-2-1-3-9-21/h4-7,10H,1-3,8-9H2. The molecule has 1 aliphatic heterocycles. The van der Waals surface area contributed by atoms with E-state index in [0.29, 0.717) is 11.1 Å². The number of aromatic nitrogens is 1. The zero-order valence-electron chi connectivity index (χ0n) is 12.3. The highest BCUT2D eigenvalue weighted by atomic mass is 19.4. The minimum absolute atomic E-state index is 0.0487. The average molecular weight is 324 g/mol. The smallest absolute Gasteiger partial charge is 0.351 e. The first-order valence-corrected chi connectivity index (χ1v) is 7.39. The molecule has 7 heteroatoms. The molecule has 0 radical (unpaired) electrons. The Balaban J connectivity index is 1.76. The summed E-state index contributed by atoms with van der Waals surface area (Å²) in [6, 6.07) is 7.22. The van der Waals surface area contributed by atoms with Gasteiger partial charge in [-0.1, -0.05) is 17.3 Å². The van der Waals surface area contributed by atoms with Crippen molar-refractivity contribution in [2.24, 2.45) is 0 Å². The van der Waals surface area contributed by atoms with Crippen LogP contribution in [0.2, 0.25) is 0 Å². The van der Waals surface area contributed by atoms with Crippen LogP contribution in [-0.2, 0) is 6.18 Å². The van der Waals surface area contributed by atoms with E-state index in [-0.39, 0.29) is 11.6 Å². The van der Waals surface area contributed by atoms with E-state index in [9.17, 15) is 18.0 Å². The van der Waals surface area contributed by atoms with Crippen LogP contribution in [-0.4, -0.2) is 29.1 Å². The van der Waals surface area contributed by atoms with E-state index < -0.39 is 11.9 Å². The number of hydrogen-bond acceptors (Lipinski definition) is 3. The quantitative estimate of drug-likeness (QED) is 0.839. The Bertz CT molecular complexity index is 686. The van der Waals surface area contributed by atoms with Crippen LogP contribution in [0.5, 0.6) is 0 Å². The fraction of sp³-hybridized carbons (Fsp3) is 0.375. The van der Waals surface area contributed by atoms with Gasteiger partial charge in [0.15, 0.2) is 0 Å². The highest BCUT2D eigenvalue weighted by Crippen LogP contribution is 2.32. The minimum Gasteiger partial charge on any atom is -0.351 e. The number of rotatable bonds is 2. The Hall–Kier alpha value is -2.31. The summed E-state index contributed by atoms with van der Waals surface area (Å²) >= 11 is 0. The van der Waals surface area contributed by atoms with Crippen molar-refractivity contribution in [1.29, 1.82) is 0 Å². The van der Waals surface area contributed by atoms with Gasteiger partial charge in [0.1, 0.15) is 5.69 Å². The van der Waals surface area contributed by atoms with Crippen LogP contribution < -0.4 is 0 Å². The van der Waals surface area contributed by atoms with Gasteiger partial charge in [-0.25, -0.2) is 0 Å². The fourth-order valence-electron chi connectivity index (χ4n) is 2.61. The van der Waals surface area contributed by atoms with Gasteiger partial charge in [-0.2, -0.15) is 13.2 Å². The molecule has 1 amide bonds. The minimum atomic E-state index is -4.56. The lowest BCUT2D eigenvalue weighted by Crippen LogP contribution is -2.35. The monoisotopic (exact) mass is 324 g/mol. The van der Waals surface area contributed by atoms with Crippen LogP contribution in [0, 0.1) is 0 Å². The summed E-state index contributed by atoms with van der Waals surface area (Å²) in [6.07, 6.45) is -1.42. The number of hydrogen-bond donors (Lipinski definition) is 0. The van der Waals surface area contributed by atoms with Crippen LogP contribution in [0.4, 0.5) is 13.2 Å². The molecular formula is C16H15F3N2O2. The average Bonchev–Trinajstić information content (AvgIpc) is 3.05. The molecule has 3 rings (SSSR count). The maximum Gasteiger partial charge on any atom is 0.452 e. The molecule has 2 heterocycles. The van der Waals surface area contributed by atoms with E-state index in [1.807, 2.05) is 0 Å². The van der Waals surface area contributed by atoms with Crippen molar-refractivity contribution in [2.45, 2.75) is 25.4 Å². The second-order valence-corrected chi connectivity index (χ2v) is 5.50. The molecule has 1 fully saturated rings. The lowest BCUT2D eigenvalue weighted by atomic mass is 10.1. The normalized spacial score (nSPS) is 15.7. The summed E-state index contributed by atoms with van der Waals surface area (Å²) in [6.45, 7) is 1.50. The van der Waals surface area contributed by atoms with E-state index in [1.54, 1.807) is 29.2 Å². The Morgan fingerprint density at radius 3 is 2.30 bits per heavy atom. The predicted molar refractivity (Wildman–Crippen MR) is 76.7 cm³/mol. The van der Waals surface area contributed by atoms with E-state index in [4.69, 9.17) is 0 Å². The van der Waals surface area contributed by atoms with Crippen molar-refractivity contribution in [3.63, 3.8) is 0 Å². The Morgan fingerprint density at radius 2 is 1.74 bits per heavy atom. The van der Waals surface area contributed by atoms with Gasteiger partial charge in [0.2, 0.25) is 5.76 Å². The second kappa shape index (κ2) is 6.06. The third kappa shape index (κ3) is 3.38. The molecule has 2 aromatic rings. The Morgan fingerprint density at radius 1 is 1.09 bits per heavy atom. The van der Waals surface area contributed by atoms with Crippen molar-refractivity contribution in [3.05, 3.63) is 41.7 Å². The summed E-state index contributed by atoms with van der Waals surface area (Å²) in [5, 5.41) is 3.43. The number of nitrogens with zero attached hydrogens (tertiary/aromatic N) is 2. The molecule has 4 nitrogen and oxygen atoms in total. The first-order chi connectivity index (χ1) is 10.9. The van der Waals surface area contributed by atoms with Crippen LogP contribution in [0.1, 0.15) is 35.4 Å². The molecule has 0 bridgehead atoms. The van der Waals surface area contributed by atoms with Crippen molar-refractivity contribution in [3.8, 4) is 11.3 Å². The van der Waals surface area contributed by atoms with E-state index >= 15 is 0 Å². The molecular weight excluding hydrogens is 309 g/mol. The highest BCUT2D eigenvalue weighted by Gasteiger charge is 2.36. The topological polar surface area (TPSA) is 46.3 Å². The van der Waals surface area contributed by atoms with Crippen LogP contribution >= 0.6 is 0 Å². The lowest BCUT2D eigenvalue weighted by Gasteiger charge is -2.26. The van der Waals surface area contributed by atoms with Gasteiger partial charge < -0.3 is 9.42 Å². The van der Waals surface area contributed by atoms with E-state index in [1.165, 1.54) is 0 Å². The van der Waals surface area contributed by atoms with Crippen LogP contribution in [0.15, 0.2) is 34.9 Å². The summed E-state index contributed by atoms with van der Waals surface area (Å²) in [5.74, 6) is -1.19. The van der Waals surface area contributed by atoms with Gasteiger partial charge in [0, 0.05) is 30.3 Å². The first kappa shape index (κ1) is 15.6. The summed E-state index contributed by atoms with van der Waals surface area (Å²) in [7, 11) is 0. The third-order valence-electron chi connectivity index (χ3n) is 3.86. The summed E-state index contributed by atoms with van der Waals surface area (Å²) in [5.41, 5.74) is 1.09. The van der Waals surface area contributed by atoms with Crippen LogP contribution in [0.3, 0.4) is 0 Å². The van der Waals surface area contributed by atoms with E-state index in [0.717, 1.165) is 38.4 Å². The Kier molecular flexibility index (Phi) is 4.11. The van der Waals surface area contributed by atoms with Gasteiger partial charge in [0.05, 0.1) is 0 Å². The van der Waals surface area contributed by atoms with Gasteiger partial charge in [-0.05, 0) is 31.4 Å². The number of halogens is 3. The molecule has 0 N–H and O–H groups in total. The third-order valence-corrected chi connectivity index (χ3v) is 3.86. The molecule has 1 aromatic heterocycles. The number of piperidine rings is 1. The largest absolute Gasteiger partial charge is 0.452 e. The summed E-state index contributed by atoms with van der Waals surface area (Å²) in [4.78, 5) is 14.1. The molecule has 23 heavy (non-hydrogen) atoms. The number of alkyl halides is 3. The molecule has 0 spiro atoms. The Labute approximate surface area is 130 Å². The lowest BCUT2D eigenvalue weighted by molar-refractivity contribution is -0.155. The van der Waals surface area contributed by atoms with Gasteiger partial charge in [-0.15, -0.1) is 0 Å². The molecule has 1 aromatic carbocycles. The highest BCUT2D eigenvalue weighted by molar-refractivity contribution is 5.94. The molecule has 0 unspecified atom stereocenters. The molecule has 1 aliphatic rings. The number of carbonyl (C=O) groups excluding carboxylic acids is 1. The van der Waals surface area contributed by atoms with Gasteiger partial charge in [0.25, 0.3) is 5.91 Å². The molecule has 0 aliphatic carbocycles. The van der Waals surface area contributed by atoms with Crippen LogP contribution in [0.25, 0.3) is 11.3 Å². The van der Waals surface area contributed by atoms with Gasteiger partial charge >= 0.3 is 6.18 Å². The molecule has 122 valence electrons. The SMILES string of the molecule is O=C(c1ccc(-c2cc(C(F)(F)F)on2)cc1)N1CCCCC1. The van der Waals surface area contributed by atoms with Gasteiger partial charge in [-0.3, -0.25) is 4.79 Å². The first-order valence-electron chi connectivity index (χ1n) is 7.39. The van der Waals surface area contributed by atoms with Crippen molar-refractivity contribution in [2.75, 3.05) is 13.1 Å². The number of benzene rings is 1. The maximum absolute atomic E-state index is 12.5. The summed E-state index contributed by atoms with van der Waals surface area (Å²) < 4.78 is 41.8. The number of likely N-dealkylation sites (tertiary alicyclic amines) is 1. The predicted octanol–water partition coefficient (Wildman–Crippen LogP) is 3.99. The van der Waals surface area contributed by atoms with E-state index in [2.05, 4.69) is 9.68 Å². The second-order valence-electron chi connectivity index (χ2n) is 5.50. The molecule has 0 atom stereocenters. The zero-order chi connectivity index (χ0) is 16.4. The maximum atomic E-state index is 12.5. The molecule has 0 saturated carbocycles. The molecule has 1 saturated heterocycles. The van der Waals surface area contributed by atoms with Crippen molar-refractivity contribution >= 4 is 5.91 Å². The van der Waals surface area contributed by atoms with Crippen molar-refractivity contribution < 1.29 is 22.5 Å². The fourth-order valence-corrected chi connectivity index (χ4v) is 2.61. The zero-order valence-corrected chi connectivity index (χ0v) is 12.3. The van der Waals surface area contributed by atoms with Crippen molar-refractivity contribution in [1.82, 2.24) is 10.1 Å². The number of amides is 1. The number of carbonyl (C=O) groups is 1.